The number of rotatable bonds is 6. The summed E-state index contributed by atoms with van der Waals surface area (Å²) in [5.74, 6) is 0.608. The zero-order valence-electron chi connectivity index (χ0n) is 12.8. The number of nitrogens with zero attached hydrogens (tertiary/aromatic N) is 1. The van der Waals surface area contributed by atoms with Gasteiger partial charge in [0.2, 0.25) is 5.91 Å². The molecule has 1 atom stereocenters. The van der Waals surface area contributed by atoms with Gasteiger partial charge in [-0.05, 0) is 38.1 Å². The molecule has 1 aromatic carbocycles. The van der Waals surface area contributed by atoms with Crippen LogP contribution in [0, 0.1) is 0 Å². The Morgan fingerprint density at radius 3 is 2.77 bits per heavy atom. The Hall–Kier alpha value is -2.62. The van der Waals surface area contributed by atoms with Gasteiger partial charge in [0, 0.05) is 17.8 Å². The minimum absolute atomic E-state index is 0.138. The lowest BCUT2D eigenvalue weighted by molar-refractivity contribution is -0.117. The summed E-state index contributed by atoms with van der Waals surface area (Å²) in [6, 6.07) is 13.1. The molecule has 114 valence electrons. The molecule has 0 aliphatic heterocycles. The number of para-hydroxylation sites is 1. The van der Waals surface area contributed by atoms with Crippen LogP contribution in [0.3, 0.4) is 0 Å². The lowest BCUT2D eigenvalue weighted by Crippen LogP contribution is -2.25. The van der Waals surface area contributed by atoms with Crippen molar-refractivity contribution >= 4 is 12.0 Å². The molecular weight excluding hydrogens is 276 g/mol. The number of carbonyl (C=O) groups excluding carboxylic acids is 1. The molecule has 0 saturated heterocycles. The molecular formula is C18H20N2O2. The van der Waals surface area contributed by atoms with Crippen LogP contribution in [0.4, 0.5) is 0 Å². The highest BCUT2D eigenvalue weighted by Gasteiger charge is 2.08. The maximum absolute atomic E-state index is 12.0. The highest BCUT2D eigenvalue weighted by Crippen LogP contribution is 2.19. The maximum atomic E-state index is 12.0. The van der Waals surface area contributed by atoms with E-state index in [0.29, 0.717) is 6.61 Å². The van der Waals surface area contributed by atoms with Crippen LogP contribution in [0.25, 0.3) is 6.08 Å². The van der Waals surface area contributed by atoms with E-state index in [1.807, 2.05) is 56.3 Å². The van der Waals surface area contributed by atoms with Crippen LogP contribution in [0.2, 0.25) is 0 Å². The van der Waals surface area contributed by atoms with E-state index in [4.69, 9.17) is 4.74 Å². The number of ether oxygens (including phenoxy) is 1. The van der Waals surface area contributed by atoms with E-state index in [2.05, 4.69) is 10.3 Å². The second-order valence-electron chi connectivity index (χ2n) is 4.79. The molecule has 1 aromatic heterocycles. The number of benzene rings is 1. The lowest BCUT2D eigenvalue weighted by atomic mass is 10.1. The largest absolute Gasteiger partial charge is 0.493 e. The number of hydrogen-bond donors (Lipinski definition) is 1. The van der Waals surface area contributed by atoms with E-state index in [1.54, 1.807) is 12.3 Å². The van der Waals surface area contributed by atoms with Crippen molar-refractivity contribution in [2.24, 2.45) is 0 Å². The maximum Gasteiger partial charge on any atom is 0.244 e. The molecule has 0 radical (unpaired) electrons. The summed E-state index contributed by atoms with van der Waals surface area (Å²) in [6.07, 6.45) is 4.98. The van der Waals surface area contributed by atoms with Gasteiger partial charge in [0.15, 0.2) is 0 Å². The van der Waals surface area contributed by atoms with Crippen LogP contribution in [-0.2, 0) is 4.79 Å². The smallest absolute Gasteiger partial charge is 0.244 e. The van der Waals surface area contributed by atoms with Crippen molar-refractivity contribution in [3.63, 3.8) is 0 Å². The van der Waals surface area contributed by atoms with Crippen molar-refractivity contribution in [2.75, 3.05) is 6.61 Å². The molecule has 1 amide bonds. The molecule has 1 N–H and O–H groups in total. The third-order valence-electron chi connectivity index (χ3n) is 3.12. The molecule has 22 heavy (non-hydrogen) atoms. The molecule has 4 heteroatoms. The fourth-order valence-corrected chi connectivity index (χ4v) is 2.04. The van der Waals surface area contributed by atoms with Gasteiger partial charge in [-0.1, -0.05) is 24.3 Å². The zero-order valence-corrected chi connectivity index (χ0v) is 12.8. The fraction of sp³-hybridized carbons (Fsp3) is 0.222. The predicted octanol–water partition coefficient (Wildman–Crippen LogP) is 3.37. The summed E-state index contributed by atoms with van der Waals surface area (Å²) in [5, 5.41) is 2.89. The highest BCUT2D eigenvalue weighted by atomic mass is 16.5. The number of hydrogen-bond acceptors (Lipinski definition) is 3. The number of amides is 1. The summed E-state index contributed by atoms with van der Waals surface area (Å²) in [7, 11) is 0. The van der Waals surface area contributed by atoms with E-state index in [-0.39, 0.29) is 11.9 Å². The molecule has 1 heterocycles. The second-order valence-corrected chi connectivity index (χ2v) is 4.79. The lowest BCUT2D eigenvalue weighted by Gasteiger charge is -2.11. The Labute approximate surface area is 130 Å². The van der Waals surface area contributed by atoms with Gasteiger partial charge in [0.25, 0.3) is 0 Å². The van der Waals surface area contributed by atoms with Crippen LogP contribution in [0.15, 0.2) is 54.7 Å². The summed E-state index contributed by atoms with van der Waals surface area (Å²) in [6.45, 7) is 4.43. The van der Waals surface area contributed by atoms with Gasteiger partial charge in [-0.15, -0.1) is 0 Å². The molecule has 0 aliphatic carbocycles. The molecule has 0 bridgehead atoms. The first kappa shape index (κ1) is 15.8. The minimum atomic E-state index is -0.163. The van der Waals surface area contributed by atoms with Crippen molar-refractivity contribution in [3.05, 3.63) is 66.0 Å². The third-order valence-corrected chi connectivity index (χ3v) is 3.12. The fourth-order valence-electron chi connectivity index (χ4n) is 2.04. The van der Waals surface area contributed by atoms with Crippen molar-refractivity contribution in [2.45, 2.75) is 19.9 Å². The van der Waals surface area contributed by atoms with Crippen molar-refractivity contribution in [3.8, 4) is 5.75 Å². The Kier molecular flexibility index (Phi) is 5.72. The molecule has 0 spiro atoms. The Bertz CT molecular complexity index is 639. The average Bonchev–Trinajstić information content (AvgIpc) is 2.55. The van der Waals surface area contributed by atoms with E-state index < -0.39 is 0 Å². The van der Waals surface area contributed by atoms with Crippen molar-refractivity contribution in [1.29, 1.82) is 0 Å². The zero-order chi connectivity index (χ0) is 15.8. The first-order chi connectivity index (χ1) is 10.7. The third kappa shape index (κ3) is 4.45. The van der Waals surface area contributed by atoms with Gasteiger partial charge in [-0.25, -0.2) is 0 Å². The summed E-state index contributed by atoms with van der Waals surface area (Å²) >= 11 is 0. The van der Waals surface area contributed by atoms with E-state index in [1.165, 1.54) is 6.08 Å². The van der Waals surface area contributed by atoms with Crippen LogP contribution in [0.5, 0.6) is 5.75 Å². The van der Waals surface area contributed by atoms with Crippen LogP contribution >= 0.6 is 0 Å². The second kappa shape index (κ2) is 7.98. The number of aromatic nitrogens is 1. The molecule has 0 aliphatic rings. The summed E-state index contributed by atoms with van der Waals surface area (Å²) in [4.78, 5) is 16.2. The van der Waals surface area contributed by atoms with Gasteiger partial charge in [-0.2, -0.15) is 0 Å². The molecule has 0 saturated carbocycles. The van der Waals surface area contributed by atoms with E-state index in [0.717, 1.165) is 17.0 Å². The van der Waals surface area contributed by atoms with Gasteiger partial charge < -0.3 is 10.1 Å². The summed E-state index contributed by atoms with van der Waals surface area (Å²) in [5.41, 5.74) is 1.71. The van der Waals surface area contributed by atoms with Crippen molar-refractivity contribution < 1.29 is 9.53 Å². The van der Waals surface area contributed by atoms with Crippen LogP contribution in [0.1, 0.15) is 31.1 Å². The first-order valence-electron chi connectivity index (χ1n) is 7.32. The van der Waals surface area contributed by atoms with Crippen LogP contribution in [-0.4, -0.2) is 17.5 Å². The molecule has 2 aromatic rings. The molecule has 4 nitrogen and oxygen atoms in total. The quantitative estimate of drug-likeness (QED) is 0.831. The normalized spacial score (nSPS) is 12.1. The molecule has 1 unspecified atom stereocenters. The number of pyridine rings is 1. The SMILES string of the molecule is CCOc1ccccc1/C=C/C(=O)NC(C)c1ccccn1. The topological polar surface area (TPSA) is 51.2 Å². The number of carbonyl (C=O) groups is 1. The van der Waals surface area contributed by atoms with Crippen LogP contribution < -0.4 is 10.1 Å². The summed E-state index contributed by atoms with van der Waals surface area (Å²) < 4.78 is 5.53. The monoisotopic (exact) mass is 296 g/mol. The van der Waals surface area contributed by atoms with Gasteiger partial charge in [0.1, 0.15) is 5.75 Å². The Morgan fingerprint density at radius 1 is 1.27 bits per heavy atom. The average molecular weight is 296 g/mol. The Balaban J connectivity index is 2.00. The van der Waals surface area contributed by atoms with Crippen molar-refractivity contribution in [1.82, 2.24) is 10.3 Å². The predicted molar refractivity (Wildman–Crippen MR) is 87.4 cm³/mol. The number of nitrogens with one attached hydrogen (secondary N) is 1. The minimum Gasteiger partial charge on any atom is -0.493 e. The first-order valence-corrected chi connectivity index (χ1v) is 7.32. The van der Waals surface area contributed by atoms with E-state index >= 15 is 0 Å². The standard InChI is InChI=1S/C18H20N2O2/c1-3-22-17-10-5-4-8-15(17)11-12-18(21)20-14(2)16-9-6-7-13-19-16/h4-14H,3H2,1-2H3,(H,20,21)/b12-11+. The van der Waals surface area contributed by atoms with Gasteiger partial charge in [0.05, 0.1) is 18.3 Å². The highest BCUT2D eigenvalue weighted by molar-refractivity contribution is 5.92. The van der Waals surface area contributed by atoms with E-state index in [9.17, 15) is 4.79 Å². The van der Waals surface area contributed by atoms with Gasteiger partial charge in [-0.3, -0.25) is 9.78 Å². The molecule has 2 rings (SSSR count). The Morgan fingerprint density at radius 2 is 2.05 bits per heavy atom. The molecule has 0 fully saturated rings. The van der Waals surface area contributed by atoms with Gasteiger partial charge >= 0.3 is 0 Å².